The third-order valence-corrected chi connectivity index (χ3v) is 5.64. The molecule has 1 fully saturated rings. The van der Waals surface area contributed by atoms with Crippen molar-refractivity contribution in [2.45, 2.75) is 20.0 Å². The van der Waals surface area contributed by atoms with Crippen LogP contribution in [-0.4, -0.2) is 42.7 Å². The molecule has 1 aliphatic rings. The second-order valence-electron chi connectivity index (χ2n) is 7.65. The van der Waals surface area contributed by atoms with Gasteiger partial charge in [0.05, 0.1) is 7.11 Å². The number of piperazine rings is 1. The Kier molecular flexibility index (Phi) is 5.41. The molecule has 0 atom stereocenters. The summed E-state index contributed by atoms with van der Waals surface area (Å²) in [6.07, 6.45) is 0. The Bertz CT molecular complexity index is 1010. The van der Waals surface area contributed by atoms with Crippen molar-refractivity contribution in [3.05, 3.63) is 75.8 Å². The molecule has 0 amide bonds. The number of aromatic nitrogens is 2. The van der Waals surface area contributed by atoms with Crippen molar-refractivity contribution >= 4 is 5.65 Å². The van der Waals surface area contributed by atoms with E-state index in [0.29, 0.717) is 0 Å². The van der Waals surface area contributed by atoms with Crippen LogP contribution in [0.4, 0.5) is 0 Å². The number of aryl methyl sites for hydroxylation is 1. The third-order valence-electron chi connectivity index (χ3n) is 5.64. The van der Waals surface area contributed by atoms with Gasteiger partial charge in [-0.1, -0.05) is 6.07 Å². The van der Waals surface area contributed by atoms with E-state index in [1.165, 1.54) is 10.5 Å². The molecule has 0 radical (unpaired) electrons. The number of hydrogen-bond donors (Lipinski definition) is 2. The van der Waals surface area contributed by atoms with Crippen molar-refractivity contribution in [2.24, 2.45) is 0 Å². The van der Waals surface area contributed by atoms with Crippen molar-refractivity contribution in [3.63, 3.8) is 0 Å². The van der Waals surface area contributed by atoms with Crippen LogP contribution in [-0.2, 0) is 13.1 Å². The first-order valence-electron chi connectivity index (χ1n) is 9.91. The van der Waals surface area contributed by atoms with Crippen LogP contribution in [0.5, 0.6) is 5.75 Å². The molecule has 0 saturated carbocycles. The summed E-state index contributed by atoms with van der Waals surface area (Å²) in [7, 11) is 1.70. The van der Waals surface area contributed by atoms with Gasteiger partial charge in [0.1, 0.15) is 56.4 Å². The van der Waals surface area contributed by atoms with Gasteiger partial charge in [-0.15, -0.1) is 0 Å². The van der Waals surface area contributed by atoms with Crippen LogP contribution in [0, 0.1) is 6.92 Å². The summed E-state index contributed by atoms with van der Waals surface area (Å²) in [4.78, 5) is 20.3. The fourth-order valence-electron chi connectivity index (χ4n) is 4.05. The lowest BCUT2D eigenvalue weighted by Crippen LogP contribution is -3.27. The van der Waals surface area contributed by atoms with Gasteiger partial charge < -0.3 is 14.5 Å². The van der Waals surface area contributed by atoms with Crippen LogP contribution in [0.1, 0.15) is 17.0 Å². The smallest absolute Gasteiger partial charge is 0.258 e. The molecule has 2 aromatic heterocycles. The second-order valence-corrected chi connectivity index (χ2v) is 7.65. The summed E-state index contributed by atoms with van der Waals surface area (Å²) >= 11 is 0. The molecule has 1 aliphatic heterocycles. The van der Waals surface area contributed by atoms with Gasteiger partial charge in [0.25, 0.3) is 5.56 Å². The first-order chi connectivity index (χ1) is 13.6. The number of benzene rings is 1. The van der Waals surface area contributed by atoms with Gasteiger partial charge in [0.2, 0.25) is 0 Å². The van der Waals surface area contributed by atoms with E-state index in [4.69, 9.17) is 9.72 Å². The van der Waals surface area contributed by atoms with Crippen molar-refractivity contribution < 1.29 is 14.5 Å². The predicted octanol–water partition coefficient (Wildman–Crippen LogP) is -0.505. The van der Waals surface area contributed by atoms with Crippen LogP contribution < -0.4 is 20.1 Å². The van der Waals surface area contributed by atoms with Crippen LogP contribution in [0.3, 0.4) is 0 Å². The minimum Gasteiger partial charge on any atom is -0.497 e. The number of pyridine rings is 1. The fraction of sp³-hybridized carbons (Fsp3) is 0.364. The predicted molar refractivity (Wildman–Crippen MR) is 108 cm³/mol. The van der Waals surface area contributed by atoms with E-state index in [-0.39, 0.29) is 5.56 Å². The summed E-state index contributed by atoms with van der Waals surface area (Å²) < 4.78 is 6.91. The Morgan fingerprint density at radius 1 is 1.00 bits per heavy atom. The molecule has 2 N–H and O–H groups in total. The molecule has 6 heteroatoms. The standard InChI is InChI=1S/C22H26N4O2/c1-17-4-3-5-21-23-19(14-22(27)26(17)21)16-25-12-10-24(11-13-25)15-18-6-8-20(28-2)9-7-18/h3-9,14H,10-13,15-16H2,1-2H3/p+2. The lowest BCUT2D eigenvalue weighted by molar-refractivity contribution is -1.02. The Morgan fingerprint density at radius 2 is 1.68 bits per heavy atom. The Hall–Kier alpha value is -2.70. The lowest BCUT2D eigenvalue weighted by Gasteiger charge is -2.29. The molecule has 3 aromatic rings. The molecular weight excluding hydrogens is 352 g/mol. The van der Waals surface area contributed by atoms with E-state index in [1.807, 2.05) is 37.3 Å². The van der Waals surface area contributed by atoms with Crippen molar-refractivity contribution in [1.29, 1.82) is 0 Å². The highest BCUT2D eigenvalue weighted by Gasteiger charge is 2.23. The monoisotopic (exact) mass is 380 g/mol. The highest BCUT2D eigenvalue weighted by atomic mass is 16.5. The highest BCUT2D eigenvalue weighted by molar-refractivity contribution is 5.40. The summed E-state index contributed by atoms with van der Waals surface area (Å²) in [6, 6.07) is 15.9. The molecule has 6 nitrogen and oxygen atoms in total. The zero-order chi connectivity index (χ0) is 19.5. The number of hydrogen-bond acceptors (Lipinski definition) is 3. The molecule has 0 spiro atoms. The van der Waals surface area contributed by atoms with Gasteiger partial charge in [-0.2, -0.15) is 0 Å². The number of nitrogens with one attached hydrogen (secondary N) is 2. The average Bonchev–Trinajstić information content (AvgIpc) is 2.70. The third kappa shape index (κ3) is 4.08. The maximum absolute atomic E-state index is 12.5. The molecule has 0 unspecified atom stereocenters. The van der Waals surface area contributed by atoms with Crippen LogP contribution in [0.25, 0.3) is 5.65 Å². The van der Waals surface area contributed by atoms with Gasteiger partial charge in [-0.25, -0.2) is 4.98 Å². The van der Waals surface area contributed by atoms with Crippen LogP contribution in [0.2, 0.25) is 0 Å². The molecule has 0 aliphatic carbocycles. The van der Waals surface area contributed by atoms with Gasteiger partial charge in [0.15, 0.2) is 0 Å². The largest absolute Gasteiger partial charge is 0.497 e. The van der Waals surface area contributed by atoms with E-state index in [0.717, 1.165) is 62.1 Å². The van der Waals surface area contributed by atoms with Gasteiger partial charge >= 0.3 is 0 Å². The maximum Gasteiger partial charge on any atom is 0.258 e. The molecule has 28 heavy (non-hydrogen) atoms. The number of ether oxygens (including phenoxy) is 1. The van der Waals surface area contributed by atoms with Gasteiger partial charge in [0, 0.05) is 17.3 Å². The Morgan fingerprint density at radius 3 is 2.36 bits per heavy atom. The van der Waals surface area contributed by atoms with E-state index in [1.54, 1.807) is 22.5 Å². The summed E-state index contributed by atoms with van der Waals surface area (Å²) in [5, 5.41) is 0. The number of fused-ring (bicyclic) bond motifs is 1. The zero-order valence-corrected chi connectivity index (χ0v) is 16.6. The first kappa shape index (κ1) is 18.7. The molecular formula is C22H28N4O2+2. The average molecular weight is 380 g/mol. The summed E-state index contributed by atoms with van der Waals surface area (Å²) in [5.74, 6) is 0.905. The SMILES string of the molecule is COc1ccc(C[NH+]2CC[NH+](Cc3cc(=O)n4c(C)cccc4n3)CC2)cc1. The van der Waals surface area contributed by atoms with Crippen LogP contribution in [0.15, 0.2) is 53.3 Å². The molecule has 0 bridgehead atoms. The number of methoxy groups -OCH3 is 1. The Balaban J connectivity index is 1.36. The highest BCUT2D eigenvalue weighted by Crippen LogP contribution is 2.10. The second kappa shape index (κ2) is 8.12. The zero-order valence-electron chi connectivity index (χ0n) is 16.6. The van der Waals surface area contributed by atoms with E-state index in [9.17, 15) is 4.79 Å². The summed E-state index contributed by atoms with van der Waals surface area (Å²) in [5.41, 5.74) is 3.92. The van der Waals surface area contributed by atoms with Gasteiger partial charge in [-0.3, -0.25) is 9.20 Å². The molecule has 4 rings (SSSR count). The maximum atomic E-state index is 12.5. The quantitative estimate of drug-likeness (QED) is 0.627. The van der Waals surface area contributed by atoms with E-state index in [2.05, 4.69) is 12.1 Å². The molecule has 1 saturated heterocycles. The van der Waals surface area contributed by atoms with Crippen molar-refractivity contribution in [3.8, 4) is 5.75 Å². The summed E-state index contributed by atoms with van der Waals surface area (Å²) in [6.45, 7) is 8.26. The molecule has 1 aromatic carbocycles. The van der Waals surface area contributed by atoms with Crippen molar-refractivity contribution in [2.75, 3.05) is 33.3 Å². The number of nitrogens with zero attached hydrogens (tertiary/aromatic N) is 2. The minimum absolute atomic E-state index is 0.0151. The fourth-order valence-corrected chi connectivity index (χ4v) is 4.05. The number of quaternary nitrogens is 2. The van der Waals surface area contributed by atoms with Crippen molar-refractivity contribution in [1.82, 2.24) is 9.38 Å². The lowest BCUT2D eigenvalue weighted by atomic mass is 10.2. The number of rotatable bonds is 5. The van der Waals surface area contributed by atoms with E-state index >= 15 is 0 Å². The topological polar surface area (TPSA) is 52.5 Å². The molecule has 3 heterocycles. The van der Waals surface area contributed by atoms with E-state index < -0.39 is 0 Å². The van der Waals surface area contributed by atoms with Crippen LogP contribution >= 0.6 is 0 Å². The van der Waals surface area contributed by atoms with Gasteiger partial charge in [-0.05, 0) is 43.3 Å². The normalized spacial score (nSPS) is 19.6. The minimum atomic E-state index is 0.0151. The molecule has 146 valence electrons. The first-order valence-corrected chi connectivity index (χ1v) is 9.91. The Labute approximate surface area is 165 Å².